The normalized spacial score (nSPS) is 11.6. The number of ether oxygens (including phenoxy) is 1. The van der Waals surface area contributed by atoms with E-state index in [0.29, 0.717) is 23.7 Å². The van der Waals surface area contributed by atoms with Gasteiger partial charge < -0.3 is 19.8 Å². The van der Waals surface area contributed by atoms with E-state index in [2.05, 4.69) is 20.8 Å². The van der Waals surface area contributed by atoms with Gasteiger partial charge in [0.1, 0.15) is 11.8 Å². The zero-order valence-corrected chi connectivity index (χ0v) is 14.9. The van der Waals surface area contributed by atoms with E-state index in [1.807, 2.05) is 30.3 Å². The number of hydrogen-bond acceptors (Lipinski definition) is 5. The lowest BCUT2D eigenvalue weighted by molar-refractivity contribution is 0.245. The summed E-state index contributed by atoms with van der Waals surface area (Å²) in [5.41, 5.74) is 1.68. The maximum Gasteiger partial charge on any atom is 0.319 e. The fraction of sp³-hybridized carbons (Fsp3) is 0.167. The molecule has 1 atom stereocenters. The molecule has 2 amide bonds. The maximum absolute atomic E-state index is 12.4. The fourth-order valence-corrected chi connectivity index (χ4v) is 2.57. The van der Waals surface area contributed by atoms with Gasteiger partial charge in [-0.2, -0.15) is 0 Å². The maximum atomic E-state index is 12.4. The third-order valence-electron chi connectivity index (χ3n) is 3.69. The number of nitrogens with one attached hydrogen (secondary N) is 3. The van der Waals surface area contributed by atoms with Crippen molar-refractivity contribution in [2.24, 2.45) is 0 Å². The highest BCUT2D eigenvalue weighted by molar-refractivity contribution is 7.71. The number of hydrogen-bond donors (Lipinski definition) is 3. The van der Waals surface area contributed by atoms with Gasteiger partial charge in [0.2, 0.25) is 5.89 Å². The third kappa shape index (κ3) is 4.70. The lowest BCUT2D eigenvalue weighted by Gasteiger charge is -2.16. The van der Waals surface area contributed by atoms with E-state index >= 15 is 0 Å². The summed E-state index contributed by atoms with van der Waals surface area (Å²) in [7, 11) is 1.59. The number of aromatic amines is 1. The van der Waals surface area contributed by atoms with Crippen LogP contribution in [0.4, 0.5) is 10.5 Å². The molecule has 0 bridgehead atoms. The Balaban J connectivity index is 1.71. The van der Waals surface area contributed by atoms with Crippen LogP contribution in [0, 0.1) is 4.84 Å². The lowest BCUT2D eigenvalue weighted by Crippen LogP contribution is -2.34. The highest BCUT2D eigenvalue weighted by atomic mass is 32.1. The Morgan fingerprint density at radius 3 is 2.58 bits per heavy atom. The molecule has 0 aliphatic heterocycles. The first-order valence-corrected chi connectivity index (χ1v) is 8.36. The number of urea groups is 1. The Kier molecular flexibility index (Phi) is 5.65. The predicted octanol–water partition coefficient (Wildman–Crippen LogP) is 3.85. The first kappa shape index (κ1) is 17.7. The second-order valence-electron chi connectivity index (χ2n) is 5.52. The van der Waals surface area contributed by atoms with Crippen LogP contribution in [0.1, 0.15) is 17.5 Å². The van der Waals surface area contributed by atoms with Crippen molar-refractivity contribution in [2.75, 3.05) is 12.4 Å². The van der Waals surface area contributed by atoms with Crippen LogP contribution in [0.5, 0.6) is 5.75 Å². The Labute approximate surface area is 155 Å². The SMILES string of the molecule is COc1ccc(NC(=O)NC(Cc2ccccc2)c2n[nH]c(=S)o2)cc1. The molecule has 8 heteroatoms. The first-order chi connectivity index (χ1) is 12.6. The molecular formula is C18H18N4O3S. The van der Waals surface area contributed by atoms with Crippen molar-refractivity contribution in [2.45, 2.75) is 12.5 Å². The number of aromatic nitrogens is 2. The van der Waals surface area contributed by atoms with Gasteiger partial charge in [-0.05, 0) is 42.0 Å². The van der Waals surface area contributed by atoms with Crippen molar-refractivity contribution in [3.63, 3.8) is 0 Å². The van der Waals surface area contributed by atoms with Gasteiger partial charge in [-0.25, -0.2) is 9.89 Å². The van der Waals surface area contributed by atoms with Gasteiger partial charge in [0.05, 0.1) is 7.11 Å². The van der Waals surface area contributed by atoms with Crippen LogP contribution in [-0.4, -0.2) is 23.3 Å². The number of amides is 2. The number of anilines is 1. The minimum Gasteiger partial charge on any atom is -0.497 e. The number of carbonyl (C=O) groups excluding carboxylic acids is 1. The summed E-state index contributed by atoms with van der Waals surface area (Å²) in [4.78, 5) is 12.6. The highest BCUT2D eigenvalue weighted by Crippen LogP contribution is 2.18. The highest BCUT2D eigenvalue weighted by Gasteiger charge is 2.20. The molecule has 1 aromatic heterocycles. The summed E-state index contributed by atoms with van der Waals surface area (Å²) in [6, 6.07) is 15.9. The summed E-state index contributed by atoms with van der Waals surface area (Å²) in [6.45, 7) is 0. The van der Waals surface area contributed by atoms with Gasteiger partial charge in [0.25, 0.3) is 4.84 Å². The number of benzene rings is 2. The predicted molar refractivity (Wildman–Crippen MR) is 99.7 cm³/mol. The van der Waals surface area contributed by atoms with Gasteiger partial charge >= 0.3 is 6.03 Å². The molecule has 3 rings (SSSR count). The molecule has 3 aromatic rings. The van der Waals surface area contributed by atoms with E-state index in [-0.39, 0.29) is 10.9 Å². The summed E-state index contributed by atoms with van der Waals surface area (Å²) in [6.07, 6.45) is 0.514. The van der Waals surface area contributed by atoms with Crippen LogP contribution in [0.25, 0.3) is 0 Å². The molecule has 7 nitrogen and oxygen atoms in total. The van der Waals surface area contributed by atoms with E-state index < -0.39 is 6.04 Å². The second kappa shape index (κ2) is 8.30. The molecule has 0 aliphatic rings. The Bertz CT molecular complexity index is 906. The van der Waals surface area contributed by atoms with Crippen molar-refractivity contribution < 1.29 is 13.9 Å². The Hall–Kier alpha value is -3.13. The average molecular weight is 370 g/mol. The lowest BCUT2D eigenvalue weighted by atomic mass is 10.1. The van der Waals surface area contributed by atoms with Crippen molar-refractivity contribution >= 4 is 23.9 Å². The summed E-state index contributed by atoms with van der Waals surface area (Å²) in [5, 5.41) is 12.3. The topological polar surface area (TPSA) is 92.2 Å². The molecule has 1 heterocycles. The quantitative estimate of drug-likeness (QED) is 0.573. The molecule has 0 aliphatic carbocycles. The molecule has 0 radical (unpaired) electrons. The molecule has 3 N–H and O–H groups in total. The molecule has 1 unspecified atom stereocenters. The van der Waals surface area contributed by atoms with Crippen molar-refractivity contribution in [3.8, 4) is 5.75 Å². The molecule has 0 spiro atoms. The van der Waals surface area contributed by atoms with Crippen molar-refractivity contribution in [1.29, 1.82) is 0 Å². The smallest absolute Gasteiger partial charge is 0.319 e. The van der Waals surface area contributed by atoms with Crippen molar-refractivity contribution in [1.82, 2.24) is 15.5 Å². The van der Waals surface area contributed by atoms with Gasteiger partial charge in [0, 0.05) is 12.1 Å². The van der Waals surface area contributed by atoms with E-state index in [0.717, 1.165) is 5.56 Å². The molecule has 134 valence electrons. The van der Waals surface area contributed by atoms with Gasteiger partial charge in [-0.3, -0.25) is 0 Å². The van der Waals surface area contributed by atoms with E-state index in [1.54, 1.807) is 31.4 Å². The number of rotatable bonds is 6. The van der Waals surface area contributed by atoms with Crippen molar-refractivity contribution in [3.05, 3.63) is 70.9 Å². The molecule has 2 aromatic carbocycles. The second-order valence-corrected chi connectivity index (χ2v) is 5.89. The number of nitrogens with zero attached hydrogens (tertiary/aromatic N) is 1. The number of carbonyl (C=O) groups is 1. The molecule has 26 heavy (non-hydrogen) atoms. The fourth-order valence-electron chi connectivity index (χ4n) is 2.44. The van der Waals surface area contributed by atoms with Crippen LogP contribution in [0.15, 0.2) is 59.0 Å². The monoisotopic (exact) mass is 370 g/mol. The Morgan fingerprint density at radius 1 is 1.23 bits per heavy atom. The van der Waals surface area contributed by atoms with E-state index in [4.69, 9.17) is 21.4 Å². The van der Waals surface area contributed by atoms with Crippen LogP contribution in [-0.2, 0) is 6.42 Å². The molecular weight excluding hydrogens is 352 g/mol. The summed E-state index contributed by atoms with van der Waals surface area (Å²) in [5.74, 6) is 1.04. The van der Waals surface area contributed by atoms with E-state index in [1.165, 1.54) is 0 Å². The molecule has 0 saturated carbocycles. The third-order valence-corrected chi connectivity index (χ3v) is 3.86. The van der Waals surface area contributed by atoms with Crippen LogP contribution in [0.3, 0.4) is 0 Å². The van der Waals surface area contributed by atoms with Gasteiger partial charge in [0.15, 0.2) is 0 Å². The minimum atomic E-state index is -0.469. The van der Waals surface area contributed by atoms with Gasteiger partial charge in [-0.1, -0.05) is 30.3 Å². The average Bonchev–Trinajstić information content (AvgIpc) is 3.09. The standard InChI is InChI=1S/C18H18N4O3S/c1-24-14-9-7-13(8-10-14)19-17(23)20-15(16-21-22-18(26)25-16)11-12-5-3-2-4-6-12/h2-10,15H,11H2,1H3,(H,22,26)(H2,19,20,23). The number of methoxy groups -OCH3 is 1. The summed E-state index contributed by atoms with van der Waals surface area (Å²) >= 11 is 4.93. The number of H-pyrrole nitrogens is 1. The molecule has 0 saturated heterocycles. The molecule has 0 fully saturated rings. The zero-order valence-electron chi connectivity index (χ0n) is 14.1. The summed E-state index contributed by atoms with van der Waals surface area (Å²) < 4.78 is 10.5. The van der Waals surface area contributed by atoms with Crippen LogP contribution in [0.2, 0.25) is 0 Å². The largest absolute Gasteiger partial charge is 0.497 e. The first-order valence-electron chi connectivity index (χ1n) is 7.95. The van der Waals surface area contributed by atoms with Crippen LogP contribution < -0.4 is 15.4 Å². The Morgan fingerprint density at radius 2 is 1.96 bits per heavy atom. The van der Waals surface area contributed by atoms with Crippen LogP contribution >= 0.6 is 12.2 Å². The van der Waals surface area contributed by atoms with Gasteiger partial charge in [-0.15, -0.1) is 5.10 Å². The zero-order chi connectivity index (χ0) is 18.4. The minimum absolute atomic E-state index is 0.162. The van der Waals surface area contributed by atoms with E-state index in [9.17, 15) is 4.79 Å².